The van der Waals surface area contributed by atoms with Crippen molar-refractivity contribution in [3.8, 4) is 5.75 Å². The Morgan fingerprint density at radius 3 is 2.84 bits per heavy atom. The summed E-state index contributed by atoms with van der Waals surface area (Å²) in [7, 11) is 0. The first-order chi connectivity index (χ1) is 11.9. The molecule has 2 rings (SSSR count). The number of pyridine rings is 1. The fourth-order valence-corrected chi connectivity index (χ4v) is 2.19. The van der Waals surface area contributed by atoms with Gasteiger partial charge in [-0.15, -0.1) is 0 Å². The summed E-state index contributed by atoms with van der Waals surface area (Å²) >= 11 is 0. The normalized spacial score (nSPS) is 13.0. The van der Waals surface area contributed by atoms with Crippen LogP contribution < -0.4 is 10.1 Å². The van der Waals surface area contributed by atoms with Gasteiger partial charge in [-0.3, -0.25) is 15.2 Å². The van der Waals surface area contributed by atoms with Gasteiger partial charge in [-0.2, -0.15) is 0 Å². The minimum Gasteiger partial charge on any atom is -0.461 e. The molecule has 0 aliphatic carbocycles. The third-order valence-electron chi connectivity index (χ3n) is 3.29. The molecule has 3 N–H and O–H groups in total. The van der Waals surface area contributed by atoms with Crippen molar-refractivity contribution in [2.75, 3.05) is 11.9 Å². The number of aromatic nitrogens is 1. The Morgan fingerprint density at radius 2 is 2.20 bits per heavy atom. The quantitative estimate of drug-likeness (QED) is 0.505. The number of halogens is 1. The Labute approximate surface area is 145 Å². The topological polar surface area (TPSA) is 95.3 Å². The van der Waals surface area contributed by atoms with Crippen LogP contribution in [0.3, 0.4) is 0 Å². The maximum Gasteiger partial charge on any atom is 0.235 e. The summed E-state index contributed by atoms with van der Waals surface area (Å²) < 4.78 is 18.0. The molecule has 0 aliphatic rings. The molecule has 1 aromatic carbocycles. The zero-order valence-corrected chi connectivity index (χ0v) is 14.0. The Bertz CT molecular complexity index is 763. The number of nitrogens with zero attached hydrogens (tertiary/aromatic N) is 1. The van der Waals surface area contributed by atoms with Crippen molar-refractivity contribution < 1.29 is 19.0 Å². The van der Waals surface area contributed by atoms with Gasteiger partial charge in [0.15, 0.2) is 6.29 Å². The number of carbonyl (C=O) groups is 1. The molecule has 1 heterocycles. The highest BCUT2D eigenvalue weighted by Gasteiger charge is 2.14. The number of aldehydes is 1. The van der Waals surface area contributed by atoms with Crippen molar-refractivity contribution in [3.05, 3.63) is 53.3 Å². The summed E-state index contributed by atoms with van der Waals surface area (Å²) in [4.78, 5) is 15.2. The second-order valence-corrected chi connectivity index (χ2v) is 5.58. The number of rotatable bonds is 8. The predicted octanol–water partition coefficient (Wildman–Crippen LogP) is 2.80. The molecule has 25 heavy (non-hydrogen) atoms. The van der Waals surface area contributed by atoms with Crippen LogP contribution in [0.2, 0.25) is 0 Å². The van der Waals surface area contributed by atoms with Crippen molar-refractivity contribution in [2.45, 2.75) is 26.3 Å². The van der Waals surface area contributed by atoms with Crippen molar-refractivity contribution >= 4 is 17.7 Å². The van der Waals surface area contributed by atoms with E-state index >= 15 is 0 Å². The Kier molecular flexibility index (Phi) is 6.19. The van der Waals surface area contributed by atoms with Gasteiger partial charge in [0.05, 0.1) is 17.5 Å². The van der Waals surface area contributed by atoms with E-state index in [2.05, 4.69) is 10.3 Å². The largest absolute Gasteiger partial charge is 0.461 e. The first kappa shape index (κ1) is 18.5. The molecule has 6 nitrogen and oxygen atoms in total. The fraction of sp³-hybridized carbons (Fsp3) is 0.278. The number of nitrogens with one attached hydrogen (secondary N) is 2. The van der Waals surface area contributed by atoms with Gasteiger partial charge < -0.3 is 15.2 Å². The first-order valence-corrected chi connectivity index (χ1v) is 7.78. The van der Waals surface area contributed by atoms with Crippen LogP contribution in [0.5, 0.6) is 5.75 Å². The van der Waals surface area contributed by atoms with E-state index in [1.807, 2.05) is 0 Å². The van der Waals surface area contributed by atoms with Gasteiger partial charge in [-0.05, 0) is 25.1 Å². The molecular formula is C18H20FN3O3. The Morgan fingerprint density at radius 1 is 1.44 bits per heavy atom. The van der Waals surface area contributed by atoms with E-state index in [0.29, 0.717) is 34.5 Å². The number of ether oxygens (including phenoxy) is 1. The monoisotopic (exact) mass is 345 g/mol. The Hall–Kier alpha value is -2.80. The lowest BCUT2D eigenvalue weighted by Crippen LogP contribution is -2.18. The smallest absolute Gasteiger partial charge is 0.235 e. The molecule has 2 aromatic rings. The summed E-state index contributed by atoms with van der Waals surface area (Å²) in [6, 6.07) is 8.06. The highest BCUT2D eigenvalue weighted by Crippen LogP contribution is 2.22. The molecule has 132 valence electrons. The van der Waals surface area contributed by atoms with Crippen molar-refractivity contribution in [2.24, 2.45) is 0 Å². The number of hydrogen-bond donors (Lipinski definition) is 3. The summed E-state index contributed by atoms with van der Waals surface area (Å²) in [6.07, 6.45) is -0.0400. The summed E-state index contributed by atoms with van der Waals surface area (Å²) in [5, 5.41) is 20.8. The zero-order valence-electron chi connectivity index (χ0n) is 14.0. The molecule has 0 spiro atoms. The number of aliphatic hydroxyl groups is 1. The van der Waals surface area contributed by atoms with Crippen LogP contribution in [0.15, 0.2) is 36.5 Å². The van der Waals surface area contributed by atoms with E-state index in [0.717, 1.165) is 0 Å². The van der Waals surface area contributed by atoms with E-state index < -0.39 is 12.5 Å². The maximum absolute atomic E-state index is 13.0. The highest BCUT2D eigenvalue weighted by atomic mass is 19.1. The molecule has 0 radical (unpaired) electrons. The van der Waals surface area contributed by atoms with Gasteiger partial charge in [-0.1, -0.05) is 12.1 Å². The molecule has 0 saturated carbocycles. The number of aliphatic hydroxyl groups excluding tert-OH is 1. The molecule has 0 saturated heterocycles. The van der Waals surface area contributed by atoms with Crippen LogP contribution in [0, 0.1) is 5.41 Å². The summed E-state index contributed by atoms with van der Waals surface area (Å²) in [5.74, 6) is 0.306. The van der Waals surface area contributed by atoms with Crippen LogP contribution in [-0.4, -0.2) is 41.1 Å². The van der Waals surface area contributed by atoms with Crippen LogP contribution in [-0.2, 0) is 0 Å². The lowest BCUT2D eigenvalue weighted by Gasteiger charge is -2.14. The molecular weight excluding hydrogens is 325 g/mol. The van der Waals surface area contributed by atoms with Crippen LogP contribution in [0.1, 0.15) is 35.5 Å². The molecule has 2 unspecified atom stereocenters. The van der Waals surface area contributed by atoms with E-state index in [9.17, 15) is 14.3 Å². The molecule has 0 fully saturated rings. The lowest BCUT2D eigenvalue weighted by molar-refractivity contribution is 0.0860. The van der Waals surface area contributed by atoms with E-state index in [4.69, 9.17) is 10.1 Å². The predicted molar refractivity (Wildman–Crippen MR) is 93.4 cm³/mol. The van der Waals surface area contributed by atoms with Gasteiger partial charge in [0.2, 0.25) is 6.36 Å². The van der Waals surface area contributed by atoms with E-state index in [-0.39, 0.29) is 12.3 Å². The Balaban J connectivity index is 2.36. The molecule has 1 aromatic heterocycles. The first-order valence-electron chi connectivity index (χ1n) is 7.78. The molecule has 0 aliphatic heterocycles. The minimum absolute atomic E-state index is 0.0857. The lowest BCUT2D eigenvalue weighted by atomic mass is 10.0. The van der Waals surface area contributed by atoms with Gasteiger partial charge in [0.1, 0.15) is 11.4 Å². The average molecular weight is 345 g/mol. The number of carbonyl (C=O) groups excluding carboxylic acids is 1. The fourth-order valence-electron chi connectivity index (χ4n) is 2.19. The van der Waals surface area contributed by atoms with E-state index in [1.54, 1.807) is 37.3 Å². The third kappa shape index (κ3) is 5.09. The molecule has 7 heteroatoms. The second-order valence-electron chi connectivity index (χ2n) is 5.58. The van der Waals surface area contributed by atoms with Crippen molar-refractivity contribution in [1.82, 2.24) is 4.98 Å². The van der Waals surface area contributed by atoms with Crippen molar-refractivity contribution in [1.29, 1.82) is 5.41 Å². The second kappa shape index (κ2) is 8.34. The summed E-state index contributed by atoms with van der Waals surface area (Å²) in [5.41, 5.74) is 1.71. The third-order valence-corrected chi connectivity index (χ3v) is 3.29. The summed E-state index contributed by atoms with van der Waals surface area (Å²) in [6.45, 7) is 3.14. The number of anilines is 1. The standard InChI is InChI=1S/C18H20FN3O3/c1-11(24)8-21-16-6-13(10-23)9-22-18(16)17(20)14-4-3-5-15(7-14)25-12(2)19/h3-7,9-12,20-21,24H,8H2,1-2H3. The number of benzene rings is 1. The minimum atomic E-state index is -1.46. The average Bonchev–Trinajstić information content (AvgIpc) is 2.58. The van der Waals surface area contributed by atoms with Gasteiger partial charge in [-0.25, -0.2) is 4.39 Å². The van der Waals surface area contributed by atoms with Crippen LogP contribution >= 0.6 is 0 Å². The molecule has 0 amide bonds. The highest BCUT2D eigenvalue weighted by molar-refractivity contribution is 6.13. The maximum atomic E-state index is 13.0. The van der Waals surface area contributed by atoms with Gasteiger partial charge in [0.25, 0.3) is 0 Å². The van der Waals surface area contributed by atoms with Crippen LogP contribution in [0.25, 0.3) is 0 Å². The number of hydrogen-bond acceptors (Lipinski definition) is 6. The van der Waals surface area contributed by atoms with Gasteiger partial charge >= 0.3 is 0 Å². The molecule has 0 bridgehead atoms. The SMILES string of the molecule is CC(O)CNc1cc(C=O)cnc1C(=N)c1cccc(OC(C)F)c1. The number of alkyl halides is 1. The zero-order chi connectivity index (χ0) is 18.4. The van der Waals surface area contributed by atoms with Gasteiger partial charge in [0, 0.05) is 30.8 Å². The van der Waals surface area contributed by atoms with E-state index in [1.165, 1.54) is 13.1 Å². The van der Waals surface area contributed by atoms with Crippen LogP contribution in [0.4, 0.5) is 10.1 Å². The van der Waals surface area contributed by atoms with Crippen molar-refractivity contribution in [3.63, 3.8) is 0 Å². The molecule has 2 atom stereocenters.